The highest BCUT2D eigenvalue weighted by atomic mass is 16.5. The van der Waals surface area contributed by atoms with Gasteiger partial charge in [-0.15, -0.1) is 10.2 Å². The Labute approximate surface area is 96.2 Å². The SMILES string of the molecule is COCCn1c(C)nnc1C1CCCNC1. The summed E-state index contributed by atoms with van der Waals surface area (Å²) in [6.45, 7) is 5.71. The van der Waals surface area contributed by atoms with E-state index in [0.29, 0.717) is 12.5 Å². The Balaban J connectivity index is 2.12. The highest BCUT2D eigenvalue weighted by Gasteiger charge is 2.21. The van der Waals surface area contributed by atoms with Crippen molar-refractivity contribution >= 4 is 0 Å². The fourth-order valence-electron chi connectivity index (χ4n) is 2.23. The van der Waals surface area contributed by atoms with Crippen molar-refractivity contribution < 1.29 is 4.74 Å². The Bertz CT molecular complexity index is 331. The maximum Gasteiger partial charge on any atom is 0.137 e. The minimum atomic E-state index is 0.506. The number of hydrogen-bond donors (Lipinski definition) is 1. The molecule has 5 nitrogen and oxygen atoms in total. The Morgan fingerprint density at radius 3 is 3.06 bits per heavy atom. The largest absolute Gasteiger partial charge is 0.383 e. The van der Waals surface area contributed by atoms with Gasteiger partial charge in [0.05, 0.1) is 6.61 Å². The second-order valence-electron chi connectivity index (χ2n) is 4.29. The topological polar surface area (TPSA) is 52.0 Å². The summed E-state index contributed by atoms with van der Waals surface area (Å²) in [5, 5.41) is 11.9. The molecule has 1 saturated heterocycles. The summed E-state index contributed by atoms with van der Waals surface area (Å²) in [5.74, 6) is 2.60. The van der Waals surface area contributed by atoms with Gasteiger partial charge in [0.25, 0.3) is 0 Å². The first-order valence-electron chi connectivity index (χ1n) is 5.92. The zero-order chi connectivity index (χ0) is 11.4. The van der Waals surface area contributed by atoms with E-state index in [0.717, 1.165) is 31.3 Å². The molecule has 1 atom stereocenters. The molecule has 90 valence electrons. The lowest BCUT2D eigenvalue weighted by Crippen LogP contribution is -2.30. The first-order chi connectivity index (χ1) is 7.83. The van der Waals surface area contributed by atoms with Crippen molar-refractivity contribution in [2.45, 2.75) is 32.2 Å². The molecule has 1 fully saturated rings. The number of methoxy groups -OCH3 is 1. The number of ether oxygens (including phenoxy) is 1. The molecule has 1 unspecified atom stereocenters. The quantitative estimate of drug-likeness (QED) is 0.818. The van der Waals surface area contributed by atoms with Gasteiger partial charge in [0.2, 0.25) is 0 Å². The lowest BCUT2D eigenvalue weighted by atomic mass is 9.99. The van der Waals surface area contributed by atoms with E-state index in [2.05, 4.69) is 20.1 Å². The predicted molar refractivity (Wildman–Crippen MR) is 61.5 cm³/mol. The second-order valence-corrected chi connectivity index (χ2v) is 4.29. The van der Waals surface area contributed by atoms with E-state index in [1.165, 1.54) is 12.8 Å². The molecule has 0 amide bonds. The zero-order valence-electron chi connectivity index (χ0n) is 10.1. The molecular formula is C11H20N4O. The highest BCUT2D eigenvalue weighted by Crippen LogP contribution is 2.21. The van der Waals surface area contributed by atoms with Crippen LogP contribution in [0.25, 0.3) is 0 Å². The van der Waals surface area contributed by atoms with Crippen molar-refractivity contribution in [3.63, 3.8) is 0 Å². The van der Waals surface area contributed by atoms with Crippen LogP contribution < -0.4 is 5.32 Å². The minimum Gasteiger partial charge on any atom is -0.383 e. The van der Waals surface area contributed by atoms with Crippen LogP contribution in [0.15, 0.2) is 0 Å². The van der Waals surface area contributed by atoms with Crippen LogP contribution in [-0.4, -0.2) is 41.6 Å². The number of nitrogens with zero attached hydrogens (tertiary/aromatic N) is 3. The van der Waals surface area contributed by atoms with E-state index >= 15 is 0 Å². The van der Waals surface area contributed by atoms with Crippen LogP contribution in [0.2, 0.25) is 0 Å². The third kappa shape index (κ3) is 2.41. The molecular weight excluding hydrogens is 204 g/mol. The van der Waals surface area contributed by atoms with Gasteiger partial charge < -0.3 is 14.6 Å². The number of rotatable bonds is 4. The second kappa shape index (κ2) is 5.41. The van der Waals surface area contributed by atoms with Crippen molar-refractivity contribution in [3.8, 4) is 0 Å². The summed E-state index contributed by atoms with van der Waals surface area (Å²) in [4.78, 5) is 0. The number of nitrogens with one attached hydrogen (secondary N) is 1. The van der Waals surface area contributed by atoms with Crippen LogP contribution in [0.5, 0.6) is 0 Å². The monoisotopic (exact) mass is 224 g/mol. The Hall–Kier alpha value is -0.940. The molecule has 0 radical (unpaired) electrons. The van der Waals surface area contributed by atoms with E-state index in [1.807, 2.05) is 6.92 Å². The van der Waals surface area contributed by atoms with Gasteiger partial charge in [-0.3, -0.25) is 0 Å². The van der Waals surface area contributed by atoms with Gasteiger partial charge in [-0.1, -0.05) is 0 Å². The van der Waals surface area contributed by atoms with Gasteiger partial charge in [-0.2, -0.15) is 0 Å². The molecule has 1 N–H and O–H groups in total. The van der Waals surface area contributed by atoms with E-state index in [1.54, 1.807) is 7.11 Å². The van der Waals surface area contributed by atoms with Crippen LogP contribution in [0.3, 0.4) is 0 Å². The standard InChI is InChI=1S/C11H20N4O/c1-9-13-14-11(15(9)6-7-16-2)10-4-3-5-12-8-10/h10,12H,3-8H2,1-2H3. The van der Waals surface area contributed by atoms with E-state index in [-0.39, 0.29) is 0 Å². The first kappa shape index (κ1) is 11.5. The van der Waals surface area contributed by atoms with E-state index in [9.17, 15) is 0 Å². The zero-order valence-corrected chi connectivity index (χ0v) is 10.1. The molecule has 1 aromatic rings. The average molecular weight is 224 g/mol. The molecule has 2 heterocycles. The Kier molecular flexibility index (Phi) is 3.90. The van der Waals surface area contributed by atoms with E-state index in [4.69, 9.17) is 4.74 Å². The molecule has 2 rings (SSSR count). The van der Waals surface area contributed by atoms with Crippen molar-refractivity contribution in [2.75, 3.05) is 26.8 Å². The van der Waals surface area contributed by atoms with Crippen molar-refractivity contribution in [1.29, 1.82) is 0 Å². The molecule has 0 bridgehead atoms. The summed E-state index contributed by atoms with van der Waals surface area (Å²) in [7, 11) is 1.72. The Morgan fingerprint density at radius 2 is 2.38 bits per heavy atom. The van der Waals surface area contributed by atoms with Crippen LogP contribution in [0.1, 0.15) is 30.4 Å². The lowest BCUT2D eigenvalue weighted by molar-refractivity contribution is 0.184. The van der Waals surface area contributed by atoms with Crippen molar-refractivity contribution in [1.82, 2.24) is 20.1 Å². The fraction of sp³-hybridized carbons (Fsp3) is 0.818. The molecule has 0 spiro atoms. The molecule has 16 heavy (non-hydrogen) atoms. The fourth-order valence-corrected chi connectivity index (χ4v) is 2.23. The van der Waals surface area contributed by atoms with Crippen LogP contribution in [0.4, 0.5) is 0 Å². The molecule has 1 aromatic heterocycles. The molecule has 0 aliphatic carbocycles. The van der Waals surface area contributed by atoms with Gasteiger partial charge in [0.15, 0.2) is 0 Å². The Morgan fingerprint density at radius 1 is 1.50 bits per heavy atom. The molecule has 1 aliphatic rings. The smallest absolute Gasteiger partial charge is 0.137 e. The van der Waals surface area contributed by atoms with Gasteiger partial charge in [0, 0.05) is 26.1 Å². The number of piperidine rings is 1. The normalized spacial score (nSPS) is 21.2. The number of aryl methyl sites for hydroxylation is 1. The summed E-state index contributed by atoms with van der Waals surface area (Å²) < 4.78 is 7.30. The van der Waals surface area contributed by atoms with Crippen molar-refractivity contribution in [3.05, 3.63) is 11.6 Å². The highest BCUT2D eigenvalue weighted by molar-refractivity contribution is 5.03. The number of aromatic nitrogens is 3. The maximum atomic E-state index is 5.12. The average Bonchev–Trinajstić information content (AvgIpc) is 2.69. The van der Waals surface area contributed by atoms with Crippen LogP contribution in [0, 0.1) is 6.92 Å². The third-order valence-corrected chi connectivity index (χ3v) is 3.15. The predicted octanol–water partition coefficient (Wildman–Crippen LogP) is 0.700. The van der Waals surface area contributed by atoms with Gasteiger partial charge in [0.1, 0.15) is 11.6 Å². The summed E-state index contributed by atoms with van der Waals surface area (Å²) in [5.41, 5.74) is 0. The van der Waals surface area contributed by atoms with Gasteiger partial charge >= 0.3 is 0 Å². The summed E-state index contributed by atoms with van der Waals surface area (Å²) in [6.07, 6.45) is 2.43. The van der Waals surface area contributed by atoms with Crippen LogP contribution in [-0.2, 0) is 11.3 Å². The maximum absolute atomic E-state index is 5.12. The van der Waals surface area contributed by atoms with E-state index < -0.39 is 0 Å². The lowest BCUT2D eigenvalue weighted by Gasteiger charge is -2.22. The number of hydrogen-bond acceptors (Lipinski definition) is 4. The third-order valence-electron chi connectivity index (χ3n) is 3.15. The molecule has 0 aromatic carbocycles. The molecule has 5 heteroatoms. The minimum absolute atomic E-state index is 0.506. The van der Waals surface area contributed by atoms with Gasteiger partial charge in [-0.05, 0) is 26.3 Å². The van der Waals surface area contributed by atoms with Crippen molar-refractivity contribution in [2.24, 2.45) is 0 Å². The van der Waals surface area contributed by atoms with Crippen LogP contribution >= 0.6 is 0 Å². The molecule has 1 aliphatic heterocycles. The summed E-state index contributed by atoms with van der Waals surface area (Å²) in [6, 6.07) is 0. The van der Waals surface area contributed by atoms with Gasteiger partial charge in [-0.25, -0.2) is 0 Å². The first-order valence-corrected chi connectivity index (χ1v) is 5.92. The molecule has 0 saturated carbocycles. The summed E-state index contributed by atoms with van der Waals surface area (Å²) >= 11 is 0.